The summed E-state index contributed by atoms with van der Waals surface area (Å²) < 4.78 is 0. The van der Waals surface area contributed by atoms with E-state index in [1.165, 1.54) is 12.4 Å². The maximum absolute atomic E-state index is 11.5. The Morgan fingerprint density at radius 2 is 1.83 bits per heavy atom. The summed E-state index contributed by atoms with van der Waals surface area (Å²) in [5.41, 5.74) is 3.82. The molecule has 6 heteroatoms. The Morgan fingerprint density at radius 3 is 2.66 bits per heavy atom. The molecule has 2 heterocycles. The fourth-order valence-electron chi connectivity index (χ4n) is 2.77. The van der Waals surface area contributed by atoms with Crippen LogP contribution < -0.4 is 10.6 Å². The van der Waals surface area contributed by atoms with Crippen molar-refractivity contribution in [3.05, 3.63) is 90.9 Å². The molecule has 0 unspecified atom stereocenters. The summed E-state index contributed by atoms with van der Waals surface area (Å²) in [5.74, 6) is 6.62. The summed E-state index contributed by atoms with van der Waals surface area (Å²) in [6, 6.07) is 19.0. The van der Waals surface area contributed by atoms with Gasteiger partial charge in [-0.05, 0) is 48.4 Å². The van der Waals surface area contributed by atoms with E-state index < -0.39 is 0 Å². The maximum Gasteiger partial charge on any atom is 0.247 e. The molecule has 2 aromatic heterocycles. The van der Waals surface area contributed by atoms with E-state index >= 15 is 0 Å². The summed E-state index contributed by atoms with van der Waals surface area (Å²) in [5, 5.41) is 6.83. The van der Waals surface area contributed by atoms with Gasteiger partial charge in [-0.1, -0.05) is 36.8 Å². The number of nitrogens with zero attached hydrogens (tertiary/aromatic N) is 2. The van der Waals surface area contributed by atoms with Crippen LogP contribution in [0, 0.1) is 11.8 Å². The van der Waals surface area contributed by atoms with Crippen LogP contribution >= 0.6 is 0 Å². The summed E-state index contributed by atoms with van der Waals surface area (Å²) in [6.07, 6.45) is 2.71. The number of anilines is 3. The predicted octanol–water partition coefficient (Wildman–Crippen LogP) is 4.23. The van der Waals surface area contributed by atoms with Gasteiger partial charge >= 0.3 is 0 Å². The van der Waals surface area contributed by atoms with Crippen molar-refractivity contribution < 1.29 is 4.79 Å². The highest BCUT2D eigenvalue weighted by molar-refractivity contribution is 5.99. The van der Waals surface area contributed by atoms with Crippen molar-refractivity contribution in [1.82, 2.24) is 15.0 Å². The van der Waals surface area contributed by atoms with Gasteiger partial charge in [0.05, 0.1) is 11.1 Å². The summed E-state index contributed by atoms with van der Waals surface area (Å²) >= 11 is 0. The minimum Gasteiger partial charge on any atom is -0.340 e. The molecule has 0 saturated carbocycles. The molecule has 29 heavy (non-hydrogen) atoms. The molecule has 0 bridgehead atoms. The number of aromatic nitrogens is 3. The normalized spacial score (nSPS) is 10.1. The maximum atomic E-state index is 11.5. The Bertz CT molecular complexity index is 1250. The average molecular weight is 379 g/mol. The fourth-order valence-corrected chi connectivity index (χ4v) is 2.77. The van der Waals surface area contributed by atoms with Crippen LogP contribution in [0.2, 0.25) is 0 Å². The van der Waals surface area contributed by atoms with E-state index in [-0.39, 0.29) is 5.91 Å². The zero-order chi connectivity index (χ0) is 20.1. The topological polar surface area (TPSA) is 82.7 Å². The average Bonchev–Trinajstić information content (AvgIpc) is 3.17. The molecule has 0 saturated heterocycles. The largest absolute Gasteiger partial charge is 0.340 e. The molecule has 3 N–H and O–H groups in total. The molecule has 4 rings (SSSR count). The van der Waals surface area contributed by atoms with Crippen molar-refractivity contribution >= 4 is 34.1 Å². The quantitative estimate of drug-likeness (QED) is 0.366. The van der Waals surface area contributed by atoms with Crippen molar-refractivity contribution in [2.75, 3.05) is 10.6 Å². The molecule has 0 atom stereocenters. The van der Waals surface area contributed by atoms with E-state index in [4.69, 9.17) is 0 Å². The molecule has 0 aliphatic heterocycles. The van der Waals surface area contributed by atoms with Crippen molar-refractivity contribution in [3.63, 3.8) is 0 Å². The van der Waals surface area contributed by atoms with Crippen molar-refractivity contribution in [2.24, 2.45) is 0 Å². The standard InChI is InChI=1S/C23H17N5O/c1-2-21(29)26-17-9-6-10-18(13-17)27-22-20-14-19(28-23(20)25-15-24-22)12-11-16-7-4-3-5-8-16/h2-10,13-15H,1H2,(H,26,29)(H2,24,25,27,28). The molecule has 0 spiro atoms. The lowest BCUT2D eigenvalue weighted by molar-refractivity contribution is -0.111. The van der Waals surface area contributed by atoms with Crippen molar-refractivity contribution in [3.8, 4) is 11.8 Å². The number of carbonyl (C=O) groups excluding carboxylic acids is 1. The number of amides is 1. The third-order valence-corrected chi connectivity index (χ3v) is 4.12. The fraction of sp³-hybridized carbons (Fsp3) is 0. The lowest BCUT2D eigenvalue weighted by atomic mass is 10.2. The smallest absolute Gasteiger partial charge is 0.247 e. The molecular formula is C23H17N5O. The number of fused-ring (bicyclic) bond motifs is 1. The number of hydrogen-bond acceptors (Lipinski definition) is 4. The first-order valence-corrected chi connectivity index (χ1v) is 8.92. The second kappa shape index (κ2) is 8.11. The molecule has 4 aromatic rings. The van der Waals surface area contributed by atoms with Crippen LogP contribution in [0.3, 0.4) is 0 Å². The molecule has 2 aromatic carbocycles. The van der Waals surface area contributed by atoms with E-state index in [9.17, 15) is 4.79 Å². The number of carbonyl (C=O) groups is 1. The summed E-state index contributed by atoms with van der Waals surface area (Å²) in [4.78, 5) is 23.3. The SMILES string of the molecule is C=CC(=O)Nc1cccc(Nc2ncnc3[nH]c(C#Cc4ccccc4)cc23)c1. The Hall–Kier alpha value is -4.37. The van der Waals surface area contributed by atoms with Gasteiger partial charge in [0.15, 0.2) is 0 Å². The lowest BCUT2D eigenvalue weighted by Gasteiger charge is -2.08. The molecule has 0 aliphatic rings. The highest BCUT2D eigenvalue weighted by Crippen LogP contribution is 2.25. The minimum absolute atomic E-state index is 0.265. The molecule has 140 valence electrons. The van der Waals surface area contributed by atoms with Crippen molar-refractivity contribution in [1.29, 1.82) is 0 Å². The molecule has 0 fully saturated rings. The van der Waals surface area contributed by atoms with Gasteiger partial charge in [0.1, 0.15) is 17.8 Å². The number of H-pyrrole nitrogens is 1. The van der Waals surface area contributed by atoms with Gasteiger partial charge in [0.2, 0.25) is 5.91 Å². The highest BCUT2D eigenvalue weighted by Gasteiger charge is 2.08. The predicted molar refractivity (Wildman–Crippen MR) is 115 cm³/mol. The second-order valence-electron chi connectivity index (χ2n) is 6.18. The third-order valence-electron chi connectivity index (χ3n) is 4.12. The summed E-state index contributed by atoms with van der Waals surface area (Å²) in [6.45, 7) is 3.46. The van der Waals surface area contributed by atoms with Crippen molar-refractivity contribution in [2.45, 2.75) is 0 Å². The lowest BCUT2D eigenvalue weighted by Crippen LogP contribution is -2.07. The third kappa shape index (κ3) is 4.31. The van der Waals surface area contributed by atoms with Crippen LogP contribution in [-0.4, -0.2) is 20.9 Å². The molecular weight excluding hydrogens is 362 g/mol. The van der Waals surface area contributed by atoms with Gasteiger partial charge in [0.25, 0.3) is 0 Å². The highest BCUT2D eigenvalue weighted by atomic mass is 16.1. The summed E-state index contributed by atoms with van der Waals surface area (Å²) in [7, 11) is 0. The Kier molecular flexibility index (Phi) is 5.04. The van der Waals surface area contributed by atoms with Gasteiger partial charge < -0.3 is 15.6 Å². The number of aromatic amines is 1. The number of rotatable bonds is 4. The van der Waals surface area contributed by atoms with E-state index in [1.807, 2.05) is 54.6 Å². The Morgan fingerprint density at radius 1 is 1.00 bits per heavy atom. The Labute approximate surface area is 167 Å². The van der Waals surface area contributed by atoms with Crippen LogP contribution in [0.15, 0.2) is 79.6 Å². The first-order valence-electron chi connectivity index (χ1n) is 8.92. The van der Waals surface area contributed by atoms with E-state index in [0.29, 0.717) is 17.2 Å². The van der Waals surface area contributed by atoms with Gasteiger partial charge in [-0.25, -0.2) is 9.97 Å². The minimum atomic E-state index is -0.265. The molecule has 0 aliphatic carbocycles. The zero-order valence-electron chi connectivity index (χ0n) is 15.4. The van der Waals surface area contributed by atoms with Crippen LogP contribution in [0.4, 0.5) is 17.2 Å². The van der Waals surface area contributed by atoms with E-state index in [0.717, 1.165) is 22.3 Å². The van der Waals surface area contributed by atoms with E-state index in [2.05, 4.69) is 44.0 Å². The van der Waals surface area contributed by atoms with Crippen LogP contribution in [-0.2, 0) is 4.79 Å². The van der Waals surface area contributed by atoms with Gasteiger partial charge in [0, 0.05) is 16.9 Å². The zero-order valence-corrected chi connectivity index (χ0v) is 15.4. The van der Waals surface area contributed by atoms with Crippen LogP contribution in [0.5, 0.6) is 0 Å². The van der Waals surface area contributed by atoms with Gasteiger partial charge in [-0.3, -0.25) is 4.79 Å². The first kappa shape index (κ1) is 18.0. The monoisotopic (exact) mass is 379 g/mol. The van der Waals surface area contributed by atoms with Gasteiger partial charge in [-0.2, -0.15) is 0 Å². The van der Waals surface area contributed by atoms with Crippen LogP contribution in [0.25, 0.3) is 11.0 Å². The number of nitrogens with one attached hydrogen (secondary N) is 3. The second-order valence-corrected chi connectivity index (χ2v) is 6.18. The first-order chi connectivity index (χ1) is 14.2. The Balaban J connectivity index is 1.61. The molecule has 6 nitrogen and oxygen atoms in total. The number of hydrogen-bond donors (Lipinski definition) is 3. The van der Waals surface area contributed by atoms with Gasteiger partial charge in [-0.15, -0.1) is 0 Å². The molecule has 1 amide bonds. The van der Waals surface area contributed by atoms with E-state index in [1.54, 1.807) is 6.07 Å². The molecule has 0 radical (unpaired) electrons. The van der Waals surface area contributed by atoms with Crippen LogP contribution in [0.1, 0.15) is 11.3 Å². The number of benzene rings is 2.